The van der Waals surface area contributed by atoms with Crippen molar-refractivity contribution >= 4 is 33.3 Å². The van der Waals surface area contributed by atoms with E-state index in [0.29, 0.717) is 30.8 Å². The normalized spacial score (nSPS) is 26.8. The number of rotatable bonds is 6. The fraction of sp³-hybridized carbons (Fsp3) is 0.529. The van der Waals surface area contributed by atoms with Gasteiger partial charge in [0.05, 0.1) is 23.3 Å². The summed E-state index contributed by atoms with van der Waals surface area (Å²) in [6.45, 7) is 0.506. The van der Waals surface area contributed by atoms with Gasteiger partial charge in [-0.15, -0.1) is 0 Å². The van der Waals surface area contributed by atoms with Crippen molar-refractivity contribution in [3.8, 4) is 0 Å². The van der Waals surface area contributed by atoms with E-state index in [-0.39, 0.29) is 41.2 Å². The largest absolute Gasteiger partial charge is 0.356 e. The fourth-order valence-corrected chi connectivity index (χ4v) is 4.90. The Morgan fingerprint density at radius 3 is 2.44 bits per heavy atom. The van der Waals surface area contributed by atoms with E-state index < -0.39 is 9.84 Å². The van der Waals surface area contributed by atoms with Crippen LogP contribution in [0.4, 0.5) is 0 Å². The molecule has 2 aliphatic rings. The van der Waals surface area contributed by atoms with Crippen LogP contribution in [0.15, 0.2) is 24.3 Å². The Morgan fingerprint density at radius 2 is 1.80 bits per heavy atom. The van der Waals surface area contributed by atoms with Crippen molar-refractivity contribution in [2.45, 2.75) is 25.3 Å². The molecule has 2 N–H and O–H groups in total. The van der Waals surface area contributed by atoms with Crippen molar-refractivity contribution in [2.24, 2.45) is 11.8 Å². The summed E-state index contributed by atoms with van der Waals surface area (Å²) in [6, 6.07) is 7.13. The van der Waals surface area contributed by atoms with Gasteiger partial charge in [0.15, 0.2) is 9.84 Å². The summed E-state index contributed by atoms with van der Waals surface area (Å²) in [5.74, 6) is -0.837. The summed E-state index contributed by atoms with van der Waals surface area (Å²) in [5, 5.41) is 6.29. The molecule has 1 saturated carbocycles. The maximum atomic E-state index is 12.1. The average molecular weight is 385 g/mol. The van der Waals surface area contributed by atoms with Gasteiger partial charge in [0, 0.05) is 17.6 Å². The van der Waals surface area contributed by atoms with Crippen LogP contribution in [0, 0.1) is 11.8 Å². The summed E-state index contributed by atoms with van der Waals surface area (Å²) in [6.07, 6.45) is 1.68. The molecule has 2 fully saturated rings. The van der Waals surface area contributed by atoms with Crippen molar-refractivity contribution in [2.75, 3.05) is 18.1 Å². The molecule has 0 bridgehead atoms. The van der Waals surface area contributed by atoms with Crippen molar-refractivity contribution in [3.63, 3.8) is 0 Å². The van der Waals surface area contributed by atoms with Crippen LogP contribution in [-0.2, 0) is 25.8 Å². The average Bonchev–Trinajstić information content (AvgIpc) is 3.28. The molecular weight excluding hydrogens is 364 g/mol. The van der Waals surface area contributed by atoms with Gasteiger partial charge < -0.3 is 10.6 Å². The third kappa shape index (κ3) is 4.95. The lowest BCUT2D eigenvalue weighted by Gasteiger charge is -2.10. The van der Waals surface area contributed by atoms with Gasteiger partial charge in [-0.05, 0) is 37.0 Å². The zero-order valence-corrected chi connectivity index (χ0v) is 15.3. The van der Waals surface area contributed by atoms with E-state index in [4.69, 9.17) is 11.6 Å². The van der Waals surface area contributed by atoms with Gasteiger partial charge in [-0.2, -0.15) is 0 Å². The molecule has 136 valence electrons. The van der Waals surface area contributed by atoms with E-state index in [2.05, 4.69) is 10.6 Å². The molecule has 2 amide bonds. The zero-order chi connectivity index (χ0) is 18.0. The first-order valence-corrected chi connectivity index (χ1v) is 10.6. The molecule has 6 nitrogen and oxygen atoms in total. The molecule has 1 aliphatic carbocycles. The quantitative estimate of drug-likeness (QED) is 0.763. The van der Waals surface area contributed by atoms with Crippen LogP contribution in [0.25, 0.3) is 0 Å². The Labute approximate surface area is 152 Å². The van der Waals surface area contributed by atoms with E-state index in [0.717, 1.165) is 5.56 Å². The Morgan fingerprint density at radius 1 is 1.12 bits per heavy atom. The van der Waals surface area contributed by atoms with E-state index in [9.17, 15) is 18.0 Å². The topological polar surface area (TPSA) is 92.3 Å². The Balaban J connectivity index is 1.38. The van der Waals surface area contributed by atoms with Gasteiger partial charge in [0.25, 0.3) is 0 Å². The second-order valence-electron chi connectivity index (χ2n) is 6.72. The molecule has 3 rings (SSSR count). The van der Waals surface area contributed by atoms with Crippen LogP contribution >= 0.6 is 11.6 Å². The molecule has 1 saturated heterocycles. The number of carbonyl (C=O) groups is 2. The number of hydrogen-bond donors (Lipinski definition) is 2. The molecule has 3 unspecified atom stereocenters. The highest BCUT2D eigenvalue weighted by Gasteiger charge is 2.48. The molecule has 3 atom stereocenters. The highest BCUT2D eigenvalue weighted by Crippen LogP contribution is 2.39. The summed E-state index contributed by atoms with van der Waals surface area (Å²) < 4.78 is 22.8. The van der Waals surface area contributed by atoms with Gasteiger partial charge >= 0.3 is 0 Å². The van der Waals surface area contributed by atoms with E-state index in [1.54, 1.807) is 0 Å². The monoisotopic (exact) mass is 384 g/mol. The molecule has 1 aromatic carbocycles. The SMILES string of the molecule is O=C(NCCc1ccc(Cl)cc1)C1CC1C(=O)NC1CCS(=O)(=O)C1. The molecule has 0 radical (unpaired) electrons. The van der Waals surface area contributed by atoms with Crippen molar-refractivity contribution in [1.82, 2.24) is 10.6 Å². The minimum Gasteiger partial charge on any atom is -0.356 e. The van der Waals surface area contributed by atoms with Crippen LogP contribution in [0.1, 0.15) is 18.4 Å². The smallest absolute Gasteiger partial charge is 0.224 e. The van der Waals surface area contributed by atoms with Gasteiger partial charge in [-0.1, -0.05) is 23.7 Å². The second-order valence-corrected chi connectivity index (χ2v) is 9.39. The van der Waals surface area contributed by atoms with Crippen LogP contribution < -0.4 is 10.6 Å². The van der Waals surface area contributed by atoms with Gasteiger partial charge in [-0.25, -0.2) is 8.42 Å². The van der Waals surface area contributed by atoms with Crippen molar-refractivity contribution in [1.29, 1.82) is 0 Å². The number of sulfone groups is 1. The Bertz CT molecular complexity index is 763. The highest BCUT2D eigenvalue weighted by atomic mass is 35.5. The molecular formula is C17H21ClN2O4S. The Kier molecular flexibility index (Phi) is 5.34. The predicted octanol–water partition coefficient (Wildman–Crippen LogP) is 0.938. The molecule has 0 aromatic heterocycles. The van der Waals surface area contributed by atoms with Gasteiger partial charge in [-0.3, -0.25) is 9.59 Å². The van der Waals surface area contributed by atoms with E-state index in [1.807, 2.05) is 24.3 Å². The minimum atomic E-state index is -3.02. The highest BCUT2D eigenvalue weighted by molar-refractivity contribution is 7.91. The zero-order valence-electron chi connectivity index (χ0n) is 13.7. The third-order valence-corrected chi connectivity index (χ3v) is 6.69. The van der Waals surface area contributed by atoms with E-state index >= 15 is 0 Å². The minimum absolute atomic E-state index is 0.00339. The number of benzene rings is 1. The first-order chi connectivity index (χ1) is 11.8. The first kappa shape index (κ1) is 18.2. The van der Waals surface area contributed by atoms with Crippen molar-refractivity contribution < 1.29 is 18.0 Å². The molecule has 25 heavy (non-hydrogen) atoms. The maximum absolute atomic E-state index is 12.1. The fourth-order valence-electron chi connectivity index (χ4n) is 3.10. The van der Waals surface area contributed by atoms with Crippen molar-refractivity contribution in [3.05, 3.63) is 34.9 Å². The number of amides is 2. The van der Waals surface area contributed by atoms with Crippen LogP contribution in [-0.4, -0.2) is 44.3 Å². The summed E-state index contributed by atoms with van der Waals surface area (Å²) >= 11 is 5.83. The second kappa shape index (κ2) is 7.33. The number of hydrogen-bond acceptors (Lipinski definition) is 4. The van der Waals surface area contributed by atoms with Crippen LogP contribution in [0.2, 0.25) is 5.02 Å². The molecule has 8 heteroatoms. The van der Waals surface area contributed by atoms with Crippen LogP contribution in [0.5, 0.6) is 0 Å². The summed E-state index contributed by atoms with van der Waals surface area (Å²) in [7, 11) is -3.02. The Hall–Kier alpha value is -1.60. The number of halogens is 1. The number of nitrogens with one attached hydrogen (secondary N) is 2. The summed E-state index contributed by atoms with van der Waals surface area (Å²) in [4.78, 5) is 24.2. The van der Waals surface area contributed by atoms with Crippen LogP contribution in [0.3, 0.4) is 0 Å². The van der Waals surface area contributed by atoms with E-state index in [1.165, 1.54) is 0 Å². The molecule has 1 heterocycles. The standard InChI is InChI=1S/C17H21ClN2O4S/c18-12-3-1-11(2-4-12)5-7-19-16(21)14-9-15(14)17(22)20-13-6-8-25(23,24)10-13/h1-4,13-15H,5-10H2,(H,19,21)(H,20,22). The lowest BCUT2D eigenvalue weighted by Crippen LogP contribution is -2.38. The van der Waals surface area contributed by atoms with Gasteiger partial charge in [0.2, 0.25) is 11.8 Å². The lowest BCUT2D eigenvalue weighted by molar-refractivity contribution is -0.127. The molecule has 0 spiro atoms. The first-order valence-electron chi connectivity index (χ1n) is 8.37. The number of carbonyl (C=O) groups excluding carboxylic acids is 2. The predicted molar refractivity (Wildman–Crippen MR) is 95.0 cm³/mol. The van der Waals surface area contributed by atoms with Gasteiger partial charge in [0.1, 0.15) is 0 Å². The third-order valence-electron chi connectivity index (χ3n) is 4.67. The molecule has 1 aromatic rings. The molecule has 1 aliphatic heterocycles. The lowest BCUT2D eigenvalue weighted by atomic mass is 10.1. The maximum Gasteiger partial charge on any atom is 0.224 e. The summed E-state index contributed by atoms with van der Waals surface area (Å²) in [5.41, 5.74) is 1.08.